The number of ether oxygens (including phenoxy) is 3. The van der Waals surface area contributed by atoms with E-state index in [4.69, 9.17) is 37.4 Å². The Bertz CT molecular complexity index is 1270. The predicted molar refractivity (Wildman–Crippen MR) is 139 cm³/mol. The van der Waals surface area contributed by atoms with Gasteiger partial charge < -0.3 is 19.5 Å². The van der Waals surface area contributed by atoms with Gasteiger partial charge in [0.25, 0.3) is 0 Å². The largest absolute Gasteiger partial charge is 0.490 e. The highest BCUT2D eigenvalue weighted by Gasteiger charge is 2.35. The number of anilines is 1. The van der Waals surface area contributed by atoms with Crippen LogP contribution >= 0.6 is 23.2 Å². The number of nitrogens with one attached hydrogen (secondary N) is 1. The molecule has 0 spiro atoms. The molecule has 8 nitrogen and oxygen atoms in total. The van der Waals surface area contributed by atoms with Crippen molar-refractivity contribution < 1.29 is 19.0 Å². The summed E-state index contributed by atoms with van der Waals surface area (Å²) in [5, 5.41) is 8.61. The van der Waals surface area contributed by atoms with E-state index >= 15 is 0 Å². The van der Waals surface area contributed by atoms with E-state index in [1.807, 2.05) is 45.0 Å². The van der Waals surface area contributed by atoms with Gasteiger partial charge in [-0.15, -0.1) is 0 Å². The fourth-order valence-corrected chi connectivity index (χ4v) is 4.39. The van der Waals surface area contributed by atoms with Gasteiger partial charge in [0.1, 0.15) is 19.0 Å². The number of esters is 1. The van der Waals surface area contributed by atoms with Gasteiger partial charge in [-0.3, -0.25) is 0 Å². The maximum atomic E-state index is 13.1. The van der Waals surface area contributed by atoms with Gasteiger partial charge in [-0.1, -0.05) is 48.7 Å². The van der Waals surface area contributed by atoms with E-state index in [1.165, 1.54) is 6.33 Å². The minimum absolute atomic E-state index is 0.240. The number of carbonyl (C=O) groups excluding carboxylic acids is 1. The molecule has 1 aliphatic heterocycles. The molecular formula is C26H28Cl2N4O4. The zero-order chi connectivity index (χ0) is 25.7. The molecule has 0 radical (unpaired) electrons. The second-order valence-corrected chi connectivity index (χ2v) is 9.09. The summed E-state index contributed by atoms with van der Waals surface area (Å²) in [6.45, 7) is 6.80. The van der Waals surface area contributed by atoms with Gasteiger partial charge in [-0.05, 0) is 50.1 Å². The van der Waals surface area contributed by atoms with E-state index in [-0.39, 0.29) is 6.61 Å². The first kappa shape index (κ1) is 25.9. The molecule has 10 heteroatoms. The molecule has 2 aromatic carbocycles. The molecule has 190 valence electrons. The van der Waals surface area contributed by atoms with Crippen LogP contribution in [0.2, 0.25) is 10.0 Å². The maximum absolute atomic E-state index is 13.1. The summed E-state index contributed by atoms with van der Waals surface area (Å²) in [5.41, 5.74) is 2.71. The Hall–Kier alpha value is -3.23. The summed E-state index contributed by atoms with van der Waals surface area (Å²) in [6.07, 6.45) is 3.17. The minimum atomic E-state index is -0.545. The molecular weight excluding hydrogens is 503 g/mol. The van der Waals surface area contributed by atoms with Crippen LogP contribution in [-0.2, 0) is 16.1 Å². The number of halogens is 2. The summed E-state index contributed by atoms with van der Waals surface area (Å²) < 4.78 is 19.2. The molecule has 0 aliphatic carbocycles. The molecule has 1 aromatic heterocycles. The van der Waals surface area contributed by atoms with Crippen LogP contribution in [-0.4, -0.2) is 33.9 Å². The van der Waals surface area contributed by atoms with Gasteiger partial charge in [0, 0.05) is 21.3 Å². The number of unbranched alkanes of at least 4 members (excludes halogenated alkanes) is 1. The van der Waals surface area contributed by atoms with Crippen molar-refractivity contribution >= 4 is 35.1 Å². The molecule has 1 unspecified atom stereocenters. The van der Waals surface area contributed by atoms with Crippen molar-refractivity contribution in [1.29, 1.82) is 0 Å². The molecule has 1 N–H and O–H groups in total. The predicted octanol–water partition coefficient (Wildman–Crippen LogP) is 6.19. The highest BCUT2D eigenvalue weighted by atomic mass is 35.5. The van der Waals surface area contributed by atoms with E-state index in [9.17, 15) is 4.79 Å². The van der Waals surface area contributed by atoms with E-state index in [0.717, 1.165) is 24.0 Å². The summed E-state index contributed by atoms with van der Waals surface area (Å²) >= 11 is 12.3. The van der Waals surface area contributed by atoms with Gasteiger partial charge in [-0.25, -0.2) is 9.48 Å². The van der Waals surface area contributed by atoms with Gasteiger partial charge in [-0.2, -0.15) is 10.1 Å². The Morgan fingerprint density at radius 3 is 2.69 bits per heavy atom. The van der Waals surface area contributed by atoms with Crippen LogP contribution in [0, 0.1) is 0 Å². The first-order valence-corrected chi connectivity index (χ1v) is 12.6. The van der Waals surface area contributed by atoms with Crippen molar-refractivity contribution in [3.05, 3.63) is 75.2 Å². The van der Waals surface area contributed by atoms with E-state index in [0.29, 0.717) is 52.0 Å². The smallest absolute Gasteiger partial charge is 0.338 e. The van der Waals surface area contributed by atoms with Crippen molar-refractivity contribution in [2.75, 3.05) is 18.5 Å². The average molecular weight is 531 g/mol. The van der Waals surface area contributed by atoms with Crippen LogP contribution in [0.25, 0.3) is 0 Å². The Balaban J connectivity index is 1.66. The SMILES string of the molecule is CCCCOC(=O)C1=C(C)Nc2ncnn2C1c1ccc(OCc2ccc(Cl)cc2Cl)c(OCC)c1. The molecule has 0 saturated heterocycles. The first-order valence-electron chi connectivity index (χ1n) is 11.8. The Kier molecular flexibility index (Phi) is 8.38. The molecule has 1 atom stereocenters. The topological polar surface area (TPSA) is 87.5 Å². The number of rotatable bonds is 10. The molecule has 36 heavy (non-hydrogen) atoms. The number of hydrogen-bond donors (Lipinski definition) is 1. The highest BCUT2D eigenvalue weighted by molar-refractivity contribution is 6.35. The average Bonchev–Trinajstić information content (AvgIpc) is 3.31. The fraction of sp³-hybridized carbons (Fsp3) is 0.346. The van der Waals surface area contributed by atoms with Crippen LogP contribution in [0.15, 0.2) is 54.0 Å². The van der Waals surface area contributed by atoms with E-state index < -0.39 is 12.0 Å². The van der Waals surface area contributed by atoms with Crippen LogP contribution in [0.4, 0.5) is 5.95 Å². The van der Waals surface area contributed by atoms with Crippen LogP contribution in [0.3, 0.4) is 0 Å². The Labute approximate surface area is 220 Å². The van der Waals surface area contributed by atoms with Crippen LogP contribution in [0.1, 0.15) is 50.8 Å². The third-order valence-corrected chi connectivity index (χ3v) is 6.31. The number of carbonyl (C=O) groups is 1. The van der Waals surface area contributed by atoms with Crippen LogP contribution < -0.4 is 14.8 Å². The molecule has 1 aliphatic rings. The quantitative estimate of drug-likeness (QED) is 0.246. The van der Waals surface area contributed by atoms with E-state index in [2.05, 4.69) is 15.4 Å². The third-order valence-electron chi connectivity index (χ3n) is 5.73. The molecule has 4 rings (SSSR count). The van der Waals surface area contributed by atoms with Crippen molar-refractivity contribution in [3.8, 4) is 11.5 Å². The van der Waals surface area contributed by atoms with Crippen molar-refractivity contribution in [1.82, 2.24) is 14.8 Å². The maximum Gasteiger partial charge on any atom is 0.338 e. The van der Waals surface area contributed by atoms with Crippen molar-refractivity contribution in [2.45, 2.75) is 46.3 Å². The standard InChI is InChI=1S/C26H28Cl2N4O4/c1-4-6-11-35-25(33)23-16(3)31-26-29-15-30-32(26)24(23)17-8-10-21(22(12-17)34-5-2)36-14-18-7-9-19(27)13-20(18)28/h7-10,12-13,15,24H,4-6,11,14H2,1-3H3,(H,29,30,31). The third kappa shape index (κ3) is 5.60. The van der Waals surface area contributed by atoms with Gasteiger partial charge >= 0.3 is 5.97 Å². The lowest BCUT2D eigenvalue weighted by Crippen LogP contribution is -2.29. The summed E-state index contributed by atoms with van der Waals surface area (Å²) in [7, 11) is 0. The lowest BCUT2D eigenvalue weighted by molar-refractivity contribution is -0.139. The summed E-state index contributed by atoms with van der Waals surface area (Å²) in [4.78, 5) is 17.4. The number of allylic oxidation sites excluding steroid dienone is 1. The fourth-order valence-electron chi connectivity index (χ4n) is 3.93. The molecule has 2 heterocycles. The van der Waals surface area contributed by atoms with Crippen LogP contribution in [0.5, 0.6) is 11.5 Å². The number of fused-ring (bicyclic) bond motifs is 1. The number of nitrogens with zero attached hydrogens (tertiary/aromatic N) is 3. The second-order valence-electron chi connectivity index (χ2n) is 8.25. The van der Waals surface area contributed by atoms with Crippen molar-refractivity contribution in [3.63, 3.8) is 0 Å². The van der Waals surface area contributed by atoms with Gasteiger partial charge in [0.2, 0.25) is 5.95 Å². The Morgan fingerprint density at radius 1 is 1.11 bits per heavy atom. The normalized spacial score (nSPS) is 14.8. The zero-order valence-corrected chi connectivity index (χ0v) is 21.9. The molecule has 0 amide bonds. The number of benzene rings is 2. The zero-order valence-electron chi connectivity index (χ0n) is 20.4. The van der Waals surface area contributed by atoms with E-state index in [1.54, 1.807) is 16.8 Å². The highest BCUT2D eigenvalue weighted by Crippen LogP contribution is 2.39. The summed E-state index contributed by atoms with van der Waals surface area (Å²) in [6, 6.07) is 10.3. The Morgan fingerprint density at radius 2 is 1.94 bits per heavy atom. The molecule has 3 aromatic rings. The molecule has 0 saturated carbocycles. The monoisotopic (exact) mass is 530 g/mol. The van der Waals surface area contributed by atoms with Crippen molar-refractivity contribution in [2.24, 2.45) is 0 Å². The lowest BCUT2D eigenvalue weighted by Gasteiger charge is -2.28. The first-order chi connectivity index (χ1) is 17.4. The minimum Gasteiger partial charge on any atom is -0.490 e. The number of aromatic nitrogens is 3. The lowest BCUT2D eigenvalue weighted by atomic mass is 9.95. The summed E-state index contributed by atoms with van der Waals surface area (Å²) in [5.74, 6) is 1.23. The molecule has 0 bridgehead atoms. The molecule has 0 fully saturated rings. The van der Waals surface area contributed by atoms with Gasteiger partial charge in [0.05, 0.1) is 18.8 Å². The second kappa shape index (κ2) is 11.7. The van der Waals surface area contributed by atoms with Gasteiger partial charge in [0.15, 0.2) is 11.5 Å². The number of hydrogen-bond acceptors (Lipinski definition) is 7.